The van der Waals surface area contributed by atoms with Gasteiger partial charge < -0.3 is 14.8 Å². The lowest BCUT2D eigenvalue weighted by molar-refractivity contribution is -0.138. The summed E-state index contributed by atoms with van der Waals surface area (Å²) in [7, 11) is -3.16. The van der Waals surface area contributed by atoms with Gasteiger partial charge in [-0.3, -0.25) is 0 Å². The Morgan fingerprint density at radius 2 is 1.20 bits per heavy atom. The second kappa shape index (κ2) is 9.35. The average Bonchev–Trinajstić information content (AvgIpc) is 2.63. The molecule has 5 nitrogen and oxygen atoms in total. The molecule has 1 N–H and O–H groups in total. The third-order valence-corrected chi connectivity index (χ3v) is 6.63. The van der Waals surface area contributed by atoms with Crippen molar-refractivity contribution in [3.8, 4) is 0 Å². The van der Waals surface area contributed by atoms with E-state index in [4.69, 9.17) is 9.47 Å². The second-order valence-corrected chi connectivity index (χ2v) is 21.1. The summed E-state index contributed by atoms with van der Waals surface area (Å²) in [5.74, 6) is -1.27. The first-order valence-electron chi connectivity index (χ1n) is 10.4. The molecular weight excluding hydrogens is 410 g/mol. The molecule has 0 amide bonds. The van der Waals surface area contributed by atoms with E-state index in [1.54, 1.807) is 0 Å². The third-order valence-electron chi connectivity index (χ3n) is 4.61. The quantitative estimate of drug-likeness (QED) is 0.484. The van der Waals surface area contributed by atoms with E-state index in [1.165, 1.54) is 0 Å². The Balaban J connectivity index is 2.47. The van der Waals surface area contributed by atoms with Crippen LogP contribution in [0.2, 0.25) is 39.3 Å². The van der Waals surface area contributed by atoms with Gasteiger partial charge in [-0.1, -0.05) is 69.6 Å². The number of benzene rings is 1. The van der Waals surface area contributed by atoms with Crippen molar-refractivity contribution in [1.29, 1.82) is 0 Å². The molecule has 30 heavy (non-hydrogen) atoms. The van der Waals surface area contributed by atoms with E-state index in [0.717, 1.165) is 5.56 Å². The molecule has 0 saturated carbocycles. The summed E-state index contributed by atoms with van der Waals surface area (Å²) < 4.78 is 11.4. The topological polar surface area (TPSA) is 64.6 Å². The first kappa shape index (κ1) is 24.1. The van der Waals surface area contributed by atoms with Crippen LogP contribution in [0, 0.1) is 0 Å². The molecule has 1 aliphatic rings. The molecule has 0 unspecified atom stereocenters. The number of carbonyl (C=O) groups is 2. The van der Waals surface area contributed by atoms with Crippen LogP contribution < -0.4 is 5.32 Å². The molecular formula is C23H35NO4Si2. The molecule has 1 heterocycles. The Bertz CT molecular complexity index is 809. The fourth-order valence-electron chi connectivity index (χ4n) is 3.23. The highest BCUT2D eigenvalue weighted by Crippen LogP contribution is 2.39. The van der Waals surface area contributed by atoms with Crippen molar-refractivity contribution in [3.05, 3.63) is 58.4 Å². The fourth-order valence-corrected chi connectivity index (χ4v) is 4.36. The minimum atomic E-state index is -1.58. The van der Waals surface area contributed by atoms with Crippen molar-refractivity contribution >= 4 is 28.1 Å². The summed E-state index contributed by atoms with van der Waals surface area (Å²) >= 11 is 0. The van der Waals surface area contributed by atoms with E-state index in [2.05, 4.69) is 44.6 Å². The summed E-state index contributed by atoms with van der Waals surface area (Å²) in [6.45, 7) is 16.6. The van der Waals surface area contributed by atoms with E-state index in [0.29, 0.717) is 35.0 Å². The minimum Gasteiger partial charge on any atom is -0.466 e. The maximum atomic E-state index is 13.2. The van der Waals surface area contributed by atoms with Gasteiger partial charge in [0.2, 0.25) is 0 Å². The monoisotopic (exact) mass is 445 g/mol. The summed E-state index contributed by atoms with van der Waals surface area (Å²) in [6.07, 6.45) is 0.866. The number of esters is 2. The molecule has 1 aromatic rings. The Hall–Kier alpha value is -2.13. The second-order valence-electron chi connectivity index (χ2n) is 10.3. The molecule has 0 radical (unpaired) electrons. The maximum Gasteiger partial charge on any atom is 0.336 e. The lowest BCUT2D eigenvalue weighted by Crippen LogP contribution is -2.36. The van der Waals surface area contributed by atoms with Crippen LogP contribution in [0.4, 0.5) is 0 Å². The summed E-state index contributed by atoms with van der Waals surface area (Å²) in [5, 5.41) is 3.22. The number of ether oxygens (including phenoxy) is 2. The van der Waals surface area contributed by atoms with Crippen LogP contribution in [0.5, 0.6) is 0 Å². The zero-order valence-electron chi connectivity index (χ0n) is 19.5. The summed E-state index contributed by atoms with van der Waals surface area (Å²) in [4.78, 5) is 26.3. The molecule has 164 valence electrons. The smallest absolute Gasteiger partial charge is 0.336 e. The number of nitrogens with one attached hydrogen (secondary N) is 1. The first-order chi connectivity index (χ1) is 13.8. The Morgan fingerprint density at radius 1 is 0.800 bits per heavy atom. The van der Waals surface area contributed by atoms with Crippen LogP contribution in [0.1, 0.15) is 25.3 Å². The van der Waals surface area contributed by atoms with E-state index in [1.807, 2.05) is 44.2 Å². The number of rotatable bonds is 7. The standard InChI is InChI=1S/C23H35NO4Si2/c1-16-19(22(25)27-14-29(3,4)5)21(18-12-10-9-11-13-18)20(17(2)24-16)23(26)28-15-30(6,7)8/h9-13,21,24H,14-15H2,1-8H3. The highest BCUT2D eigenvalue weighted by Gasteiger charge is 2.38. The van der Waals surface area contributed by atoms with Gasteiger partial charge in [-0.15, -0.1) is 0 Å². The molecule has 7 heteroatoms. The predicted molar refractivity (Wildman–Crippen MR) is 126 cm³/mol. The highest BCUT2D eigenvalue weighted by atomic mass is 28.3. The number of dihydropyridines is 1. The molecule has 1 aliphatic heterocycles. The van der Waals surface area contributed by atoms with E-state index >= 15 is 0 Å². The summed E-state index contributed by atoms with van der Waals surface area (Å²) in [6, 6.07) is 9.63. The van der Waals surface area contributed by atoms with Gasteiger partial charge in [0.1, 0.15) is 0 Å². The van der Waals surface area contributed by atoms with Crippen LogP contribution in [-0.2, 0) is 19.1 Å². The normalized spacial score (nSPS) is 15.7. The van der Waals surface area contributed by atoms with Crippen molar-refractivity contribution in [2.75, 3.05) is 12.5 Å². The van der Waals surface area contributed by atoms with Crippen molar-refractivity contribution in [2.45, 2.75) is 59.0 Å². The number of hydrogen-bond acceptors (Lipinski definition) is 5. The Morgan fingerprint density at radius 3 is 1.57 bits per heavy atom. The Labute approximate surface area is 182 Å². The van der Waals surface area contributed by atoms with Gasteiger partial charge in [-0.2, -0.15) is 0 Å². The van der Waals surface area contributed by atoms with Crippen molar-refractivity contribution in [3.63, 3.8) is 0 Å². The molecule has 0 bridgehead atoms. The number of allylic oxidation sites excluding steroid dienone is 2. The molecule has 0 aliphatic carbocycles. The van der Waals surface area contributed by atoms with Crippen LogP contribution in [0.15, 0.2) is 52.9 Å². The number of carbonyl (C=O) groups excluding carboxylic acids is 2. The largest absolute Gasteiger partial charge is 0.466 e. The molecule has 0 aromatic heterocycles. The predicted octanol–water partition coefficient (Wildman–Crippen LogP) is 4.76. The lowest BCUT2D eigenvalue weighted by atomic mass is 9.80. The Kier molecular flexibility index (Phi) is 7.52. The molecule has 0 fully saturated rings. The van der Waals surface area contributed by atoms with E-state index in [-0.39, 0.29) is 11.9 Å². The van der Waals surface area contributed by atoms with Gasteiger partial charge >= 0.3 is 11.9 Å². The van der Waals surface area contributed by atoms with E-state index < -0.39 is 22.1 Å². The molecule has 0 spiro atoms. The van der Waals surface area contributed by atoms with Crippen LogP contribution in [-0.4, -0.2) is 40.5 Å². The first-order valence-corrected chi connectivity index (χ1v) is 17.8. The van der Waals surface area contributed by atoms with Gasteiger partial charge in [-0.05, 0) is 19.4 Å². The van der Waals surface area contributed by atoms with Crippen LogP contribution in [0.25, 0.3) is 0 Å². The molecule has 2 rings (SSSR count). The average molecular weight is 446 g/mol. The maximum absolute atomic E-state index is 13.2. The van der Waals surface area contributed by atoms with Gasteiger partial charge in [0.05, 0.1) is 45.7 Å². The molecule has 1 aromatic carbocycles. The lowest BCUT2D eigenvalue weighted by Gasteiger charge is -2.31. The van der Waals surface area contributed by atoms with E-state index in [9.17, 15) is 9.59 Å². The van der Waals surface area contributed by atoms with Crippen molar-refractivity contribution in [2.24, 2.45) is 0 Å². The number of hydrogen-bond donors (Lipinski definition) is 1. The van der Waals surface area contributed by atoms with Crippen LogP contribution >= 0.6 is 0 Å². The zero-order chi connectivity index (χ0) is 22.7. The third kappa shape index (κ3) is 6.44. The van der Waals surface area contributed by atoms with Gasteiger partial charge in [0.15, 0.2) is 0 Å². The van der Waals surface area contributed by atoms with Gasteiger partial charge in [0.25, 0.3) is 0 Å². The highest BCUT2D eigenvalue weighted by molar-refractivity contribution is 6.76. The minimum absolute atomic E-state index is 0.376. The van der Waals surface area contributed by atoms with Crippen molar-refractivity contribution in [1.82, 2.24) is 5.32 Å². The molecule has 0 saturated heterocycles. The fraction of sp³-hybridized carbons (Fsp3) is 0.478. The van der Waals surface area contributed by atoms with Crippen LogP contribution in [0.3, 0.4) is 0 Å². The molecule has 0 atom stereocenters. The van der Waals surface area contributed by atoms with Gasteiger partial charge in [0, 0.05) is 11.4 Å². The zero-order valence-corrected chi connectivity index (χ0v) is 21.5. The SMILES string of the molecule is CC1=C(C(=O)OC[Si](C)(C)C)C(c2ccccc2)C(C(=O)OC[Si](C)(C)C)=C(C)N1. The van der Waals surface area contributed by atoms with Gasteiger partial charge in [-0.25, -0.2) is 9.59 Å². The van der Waals surface area contributed by atoms with Crippen molar-refractivity contribution < 1.29 is 19.1 Å². The summed E-state index contributed by atoms with van der Waals surface area (Å²) in [5.41, 5.74) is 3.25.